The Morgan fingerprint density at radius 2 is 1.02 bits per heavy atom. The highest BCUT2D eigenvalue weighted by Gasteiger charge is 2.35. The highest BCUT2D eigenvalue weighted by Crippen LogP contribution is 2.51. The van der Waals surface area contributed by atoms with Crippen molar-refractivity contribution in [2.75, 3.05) is 4.90 Å². The fourth-order valence-electron chi connectivity index (χ4n) is 9.86. The molecular weight excluding hydrogens is 745 g/mol. The van der Waals surface area contributed by atoms with Crippen LogP contribution in [0.3, 0.4) is 0 Å². The molecule has 0 aliphatic heterocycles. The number of rotatable bonds is 6. The highest BCUT2D eigenvalue weighted by atomic mass is 32.1. The summed E-state index contributed by atoms with van der Waals surface area (Å²) in [6, 6.07) is 76.1. The van der Waals surface area contributed by atoms with Crippen molar-refractivity contribution < 1.29 is 0 Å². The molecule has 2 aromatic heterocycles. The van der Waals surface area contributed by atoms with Gasteiger partial charge >= 0.3 is 0 Å². The molecular formula is C57H40N2S. The smallest absolute Gasteiger partial charge is 0.0547 e. The molecule has 0 amide bonds. The summed E-state index contributed by atoms with van der Waals surface area (Å²) >= 11 is 1.86. The first kappa shape index (κ1) is 34.8. The molecule has 12 rings (SSSR count). The van der Waals surface area contributed by atoms with Crippen LogP contribution in [-0.4, -0.2) is 4.57 Å². The van der Waals surface area contributed by atoms with Crippen molar-refractivity contribution in [2.24, 2.45) is 0 Å². The molecule has 0 saturated heterocycles. The second-order valence-corrected chi connectivity index (χ2v) is 17.6. The van der Waals surface area contributed by atoms with Crippen molar-refractivity contribution in [1.29, 1.82) is 0 Å². The summed E-state index contributed by atoms with van der Waals surface area (Å²) in [5.74, 6) is 0. The topological polar surface area (TPSA) is 8.17 Å². The van der Waals surface area contributed by atoms with E-state index in [9.17, 15) is 0 Å². The van der Waals surface area contributed by atoms with E-state index >= 15 is 0 Å². The summed E-state index contributed by atoms with van der Waals surface area (Å²) in [5, 5.41) is 5.14. The van der Waals surface area contributed by atoms with E-state index in [0.717, 1.165) is 17.1 Å². The first-order chi connectivity index (χ1) is 29.5. The molecule has 1 aliphatic carbocycles. The number of benzene rings is 9. The van der Waals surface area contributed by atoms with E-state index in [-0.39, 0.29) is 5.41 Å². The molecule has 0 N–H and O–H groups in total. The number of para-hydroxylation sites is 2. The van der Waals surface area contributed by atoms with Gasteiger partial charge in [0.15, 0.2) is 0 Å². The van der Waals surface area contributed by atoms with Crippen LogP contribution in [0.5, 0.6) is 0 Å². The Balaban J connectivity index is 0.956. The summed E-state index contributed by atoms with van der Waals surface area (Å²) in [4.78, 5) is 2.39. The van der Waals surface area contributed by atoms with Gasteiger partial charge in [0, 0.05) is 59.1 Å². The van der Waals surface area contributed by atoms with E-state index < -0.39 is 0 Å². The maximum absolute atomic E-state index is 2.45. The van der Waals surface area contributed by atoms with Crippen LogP contribution in [-0.2, 0) is 5.41 Å². The molecule has 0 atom stereocenters. The van der Waals surface area contributed by atoms with Gasteiger partial charge in [-0.05, 0) is 123 Å². The Morgan fingerprint density at radius 3 is 1.88 bits per heavy atom. The van der Waals surface area contributed by atoms with Crippen molar-refractivity contribution in [2.45, 2.75) is 19.3 Å². The summed E-state index contributed by atoms with van der Waals surface area (Å²) in [6.07, 6.45) is 0. The standard InChI is InChI=1S/C57H40N2S/c1-57(2)51-23-9-6-20-45(51)49-35-43(27-30-52(49)57)58(41-17-4-3-5-18-41)42-19-13-16-39(33-42)37-14-12-15-38(32-37)40-26-29-47-46-21-7-10-24-53(46)59(54(47)34-40)44-28-31-56-50(36-44)48-22-8-11-25-55(48)60-56/h3-36H,1-2H3. The van der Waals surface area contributed by atoms with Crippen LogP contribution < -0.4 is 4.90 Å². The van der Waals surface area contributed by atoms with Crippen molar-refractivity contribution in [1.82, 2.24) is 4.57 Å². The van der Waals surface area contributed by atoms with E-state index in [0.29, 0.717) is 0 Å². The second kappa shape index (κ2) is 13.4. The van der Waals surface area contributed by atoms with E-state index in [1.165, 1.54) is 92.2 Å². The Labute approximate surface area is 353 Å². The molecule has 0 spiro atoms. The zero-order valence-corrected chi connectivity index (χ0v) is 34.2. The number of anilines is 3. The Morgan fingerprint density at radius 1 is 0.383 bits per heavy atom. The lowest BCUT2D eigenvalue weighted by molar-refractivity contribution is 0.660. The summed E-state index contributed by atoms with van der Waals surface area (Å²) < 4.78 is 5.09. The number of thiophene rings is 1. The van der Waals surface area contributed by atoms with Gasteiger partial charge in [0.1, 0.15) is 0 Å². The minimum Gasteiger partial charge on any atom is -0.310 e. The Bertz CT molecular complexity index is 3480. The molecule has 1 aliphatic rings. The maximum atomic E-state index is 2.45. The third-order valence-electron chi connectivity index (χ3n) is 12.8. The Hall–Kier alpha value is -7.20. The molecule has 3 heteroatoms. The molecule has 0 bridgehead atoms. The number of hydrogen-bond acceptors (Lipinski definition) is 2. The SMILES string of the molecule is CC1(C)c2ccccc2-c2cc(N(c3ccccc3)c3cccc(-c4cccc(-c5ccc6c7ccccc7n(-c7ccc8sc9ccccc9c8c7)c6c5)c4)c3)ccc21. The van der Waals surface area contributed by atoms with Crippen molar-refractivity contribution in [3.8, 4) is 39.1 Å². The van der Waals surface area contributed by atoms with Gasteiger partial charge in [0.25, 0.3) is 0 Å². The van der Waals surface area contributed by atoms with Crippen LogP contribution in [0.2, 0.25) is 0 Å². The lowest BCUT2D eigenvalue weighted by Crippen LogP contribution is -2.15. The Kier molecular flexibility index (Phi) is 7.79. The average Bonchev–Trinajstić information content (AvgIpc) is 3.91. The van der Waals surface area contributed by atoms with Crippen LogP contribution in [0.15, 0.2) is 206 Å². The van der Waals surface area contributed by atoms with Crippen LogP contribution >= 0.6 is 11.3 Å². The molecule has 60 heavy (non-hydrogen) atoms. The lowest BCUT2D eigenvalue weighted by atomic mass is 9.82. The molecule has 9 aromatic carbocycles. The van der Waals surface area contributed by atoms with Crippen molar-refractivity contribution >= 4 is 70.4 Å². The van der Waals surface area contributed by atoms with E-state index in [4.69, 9.17) is 0 Å². The van der Waals surface area contributed by atoms with Gasteiger partial charge in [-0.1, -0.05) is 141 Å². The van der Waals surface area contributed by atoms with Gasteiger partial charge in [-0.25, -0.2) is 0 Å². The zero-order chi connectivity index (χ0) is 40.0. The van der Waals surface area contributed by atoms with Crippen LogP contribution in [0.4, 0.5) is 17.1 Å². The van der Waals surface area contributed by atoms with E-state index in [1.807, 2.05) is 11.3 Å². The summed E-state index contributed by atoms with van der Waals surface area (Å²) in [7, 11) is 0. The van der Waals surface area contributed by atoms with Gasteiger partial charge in [0.05, 0.1) is 11.0 Å². The van der Waals surface area contributed by atoms with Gasteiger partial charge in [0.2, 0.25) is 0 Å². The normalized spacial score (nSPS) is 13.0. The van der Waals surface area contributed by atoms with Gasteiger partial charge in [-0.3, -0.25) is 0 Å². The first-order valence-corrected chi connectivity index (χ1v) is 21.6. The van der Waals surface area contributed by atoms with Gasteiger partial charge in [-0.15, -0.1) is 11.3 Å². The highest BCUT2D eigenvalue weighted by molar-refractivity contribution is 7.25. The number of nitrogens with zero attached hydrogens (tertiary/aromatic N) is 2. The molecule has 284 valence electrons. The molecule has 2 heterocycles. The number of fused-ring (bicyclic) bond motifs is 9. The van der Waals surface area contributed by atoms with E-state index in [1.54, 1.807) is 0 Å². The predicted octanol–water partition coefficient (Wildman–Crippen LogP) is 16.3. The van der Waals surface area contributed by atoms with E-state index in [2.05, 4.69) is 230 Å². The molecule has 11 aromatic rings. The minimum atomic E-state index is -0.0399. The zero-order valence-electron chi connectivity index (χ0n) is 33.4. The van der Waals surface area contributed by atoms with Crippen LogP contribution in [0, 0.1) is 0 Å². The van der Waals surface area contributed by atoms with Gasteiger partial charge in [-0.2, -0.15) is 0 Å². The lowest BCUT2D eigenvalue weighted by Gasteiger charge is -2.27. The molecule has 0 fully saturated rings. The quantitative estimate of drug-likeness (QED) is 0.163. The van der Waals surface area contributed by atoms with Crippen LogP contribution in [0.1, 0.15) is 25.0 Å². The minimum absolute atomic E-state index is 0.0399. The molecule has 2 nitrogen and oxygen atoms in total. The van der Waals surface area contributed by atoms with Crippen molar-refractivity contribution in [3.05, 3.63) is 217 Å². The first-order valence-electron chi connectivity index (χ1n) is 20.7. The second-order valence-electron chi connectivity index (χ2n) is 16.6. The average molecular weight is 785 g/mol. The third-order valence-corrected chi connectivity index (χ3v) is 13.9. The van der Waals surface area contributed by atoms with Crippen molar-refractivity contribution in [3.63, 3.8) is 0 Å². The summed E-state index contributed by atoms with van der Waals surface area (Å²) in [6.45, 7) is 4.68. The monoisotopic (exact) mass is 784 g/mol. The summed E-state index contributed by atoms with van der Waals surface area (Å²) in [5.41, 5.74) is 17.1. The van der Waals surface area contributed by atoms with Gasteiger partial charge < -0.3 is 9.47 Å². The molecule has 0 radical (unpaired) electrons. The maximum Gasteiger partial charge on any atom is 0.0547 e. The molecule has 0 saturated carbocycles. The number of hydrogen-bond donors (Lipinski definition) is 0. The predicted molar refractivity (Wildman–Crippen MR) is 257 cm³/mol. The fraction of sp³-hybridized carbons (Fsp3) is 0.0526. The fourth-order valence-corrected chi connectivity index (χ4v) is 10.9. The number of aromatic nitrogens is 1. The van der Waals surface area contributed by atoms with Crippen LogP contribution in [0.25, 0.3) is 81.0 Å². The largest absolute Gasteiger partial charge is 0.310 e. The molecule has 0 unspecified atom stereocenters. The third kappa shape index (κ3) is 5.40.